The van der Waals surface area contributed by atoms with E-state index in [4.69, 9.17) is 0 Å². The molecule has 5 nitrogen and oxygen atoms in total. The first-order valence-electron chi connectivity index (χ1n) is 7.88. The van der Waals surface area contributed by atoms with Crippen LogP contribution in [0.15, 0.2) is 30.3 Å². The third-order valence-electron chi connectivity index (χ3n) is 4.29. The number of nitrogens with one attached hydrogen (secondary N) is 1. The number of aliphatic hydroxyl groups is 1. The van der Waals surface area contributed by atoms with Crippen LogP contribution in [-0.4, -0.2) is 65.7 Å². The number of carbonyl (C=O) groups excluding carboxylic acids is 1. The number of amides is 1. The van der Waals surface area contributed by atoms with Gasteiger partial charge >= 0.3 is 0 Å². The molecule has 1 heterocycles. The Morgan fingerprint density at radius 3 is 2.64 bits per heavy atom. The van der Waals surface area contributed by atoms with Crippen molar-refractivity contribution in [1.29, 1.82) is 0 Å². The zero-order chi connectivity index (χ0) is 16.2. The molecule has 0 saturated carbocycles. The van der Waals surface area contributed by atoms with Gasteiger partial charge in [-0.1, -0.05) is 18.2 Å². The molecule has 0 aliphatic carbocycles. The van der Waals surface area contributed by atoms with E-state index in [2.05, 4.69) is 17.3 Å². The number of rotatable bonds is 5. The number of carbonyl (C=O) groups is 1. The Balaban J connectivity index is 2.03. The standard InChI is InChI=1S/C17H27N3O2/c1-17(2,18-14-7-5-4-6-8-14)16(22)20-11-10-19(3)15(13-20)9-12-21/h4-8,15,18,21H,9-13H2,1-3H3. The van der Waals surface area contributed by atoms with Crippen LogP contribution in [0.4, 0.5) is 5.69 Å². The van der Waals surface area contributed by atoms with Gasteiger partial charge in [-0.3, -0.25) is 9.69 Å². The van der Waals surface area contributed by atoms with Crippen LogP contribution in [-0.2, 0) is 4.79 Å². The van der Waals surface area contributed by atoms with Crippen LogP contribution in [0, 0.1) is 0 Å². The predicted molar refractivity (Wildman–Crippen MR) is 88.8 cm³/mol. The molecule has 1 aromatic rings. The minimum Gasteiger partial charge on any atom is -0.396 e. The average Bonchev–Trinajstić information content (AvgIpc) is 2.49. The summed E-state index contributed by atoms with van der Waals surface area (Å²) in [5.41, 5.74) is 0.294. The number of hydrogen-bond donors (Lipinski definition) is 2. The van der Waals surface area contributed by atoms with Crippen molar-refractivity contribution in [2.24, 2.45) is 0 Å². The number of aliphatic hydroxyl groups excluding tert-OH is 1. The Labute approximate surface area is 132 Å². The fraction of sp³-hybridized carbons (Fsp3) is 0.588. The molecule has 5 heteroatoms. The first-order chi connectivity index (χ1) is 10.4. The Bertz CT molecular complexity index is 490. The Hall–Kier alpha value is -1.59. The van der Waals surface area contributed by atoms with Gasteiger partial charge in [-0.25, -0.2) is 0 Å². The summed E-state index contributed by atoms with van der Waals surface area (Å²) in [6.07, 6.45) is 0.701. The summed E-state index contributed by atoms with van der Waals surface area (Å²) >= 11 is 0. The Morgan fingerprint density at radius 2 is 2.00 bits per heavy atom. The van der Waals surface area contributed by atoms with Crippen molar-refractivity contribution in [1.82, 2.24) is 9.80 Å². The molecular weight excluding hydrogens is 278 g/mol. The van der Waals surface area contributed by atoms with Gasteiger partial charge in [-0.2, -0.15) is 0 Å². The molecule has 1 aromatic carbocycles. The number of anilines is 1. The minimum atomic E-state index is -0.652. The molecule has 22 heavy (non-hydrogen) atoms. The molecule has 1 aliphatic heterocycles. The van der Waals surface area contributed by atoms with Crippen molar-refractivity contribution < 1.29 is 9.90 Å². The number of piperazine rings is 1. The van der Waals surface area contributed by atoms with E-state index in [0.29, 0.717) is 13.0 Å². The van der Waals surface area contributed by atoms with Gasteiger partial charge in [-0.05, 0) is 39.4 Å². The molecule has 1 unspecified atom stereocenters. The topological polar surface area (TPSA) is 55.8 Å². The van der Waals surface area contributed by atoms with E-state index in [1.54, 1.807) is 0 Å². The lowest BCUT2D eigenvalue weighted by atomic mass is 10.0. The molecule has 2 rings (SSSR count). The van der Waals surface area contributed by atoms with Crippen molar-refractivity contribution in [3.8, 4) is 0 Å². The van der Waals surface area contributed by atoms with Crippen LogP contribution < -0.4 is 5.32 Å². The number of likely N-dealkylation sites (N-methyl/N-ethyl adjacent to an activating group) is 1. The zero-order valence-electron chi connectivity index (χ0n) is 13.7. The summed E-state index contributed by atoms with van der Waals surface area (Å²) in [5.74, 6) is 0.104. The van der Waals surface area contributed by atoms with Gasteiger partial charge in [0, 0.05) is 38.0 Å². The quantitative estimate of drug-likeness (QED) is 0.863. The van der Waals surface area contributed by atoms with Crippen LogP contribution in [0.25, 0.3) is 0 Å². The van der Waals surface area contributed by atoms with Gasteiger partial charge in [0.1, 0.15) is 5.54 Å². The Kier molecular flexibility index (Phi) is 5.42. The third-order valence-corrected chi connectivity index (χ3v) is 4.29. The molecule has 0 bridgehead atoms. The van der Waals surface area contributed by atoms with Crippen molar-refractivity contribution in [3.05, 3.63) is 30.3 Å². The lowest BCUT2D eigenvalue weighted by molar-refractivity contribution is -0.138. The van der Waals surface area contributed by atoms with Gasteiger partial charge in [0.05, 0.1) is 0 Å². The van der Waals surface area contributed by atoms with E-state index < -0.39 is 5.54 Å². The fourth-order valence-electron chi connectivity index (χ4n) is 2.92. The van der Waals surface area contributed by atoms with Gasteiger partial charge in [0.2, 0.25) is 5.91 Å². The van der Waals surface area contributed by atoms with Crippen LogP contribution in [0.2, 0.25) is 0 Å². The molecule has 1 amide bonds. The average molecular weight is 305 g/mol. The molecule has 2 N–H and O–H groups in total. The van der Waals surface area contributed by atoms with E-state index in [1.165, 1.54) is 0 Å². The van der Waals surface area contributed by atoms with Gasteiger partial charge < -0.3 is 15.3 Å². The number of nitrogens with zero attached hydrogens (tertiary/aromatic N) is 2. The molecule has 1 aliphatic rings. The van der Waals surface area contributed by atoms with Gasteiger partial charge in [0.15, 0.2) is 0 Å². The van der Waals surface area contributed by atoms with Crippen LogP contribution in [0.3, 0.4) is 0 Å². The van der Waals surface area contributed by atoms with Crippen molar-refractivity contribution in [2.75, 3.05) is 38.6 Å². The maximum atomic E-state index is 12.9. The number of benzene rings is 1. The van der Waals surface area contributed by atoms with Crippen LogP contribution in [0.5, 0.6) is 0 Å². The first kappa shape index (κ1) is 16.8. The zero-order valence-corrected chi connectivity index (χ0v) is 13.7. The molecule has 0 spiro atoms. The highest BCUT2D eigenvalue weighted by Gasteiger charge is 2.35. The summed E-state index contributed by atoms with van der Waals surface area (Å²) in [4.78, 5) is 17.0. The molecule has 0 aromatic heterocycles. The maximum Gasteiger partial charge on any atom is 0.247 e. The SMILES string of the molecule is CN1CCN(C(=O)C(C)(C)Nc2ccccc2)CC1CCO. The summed E-state index contributed by atoms with van der Waals surface area (Å²) in [7, 11) is 2.05. The van der Waals surface area contributed by atoms with Crippen LogP contribution in [0.1, 0.15) is 20.3 Å². The molecular formula is C17H27N3O2. The van der Waals surface area contributed by atoms with Gasteiger partial charge in [-0.15, -0.1) is 0 Å². The normalized spacial score (nSPS) is 20.0. The fourth-order valence-corrected chi connectivity index (χ4v) is 2.92. The highest BCUT2D eigenvalue weighted by atomic mass is 16.3. The smallest absolute Gasteiger partial charge is 0.247 e. The van der Waals surface area contributed by atoms with E-state index in [9.17, 15) is 9.90 Å². The second-order valence-electron chi connectivity index (χ2n) is 6.51. The summed E-state index contributed by atoms with van der Waals surface area (Å²) in [6, 6.07) is 10.0. The number of para-hydroxylation sites is 1. The molecule has 1 fully saturated rings. The van der Waals surface area contributed by atoms with Crippen molar-refractivity contribution in [3.63, 3.8) is 0 Å². The second kappa shape index (κ2) is 7.11. The highest BCUT2D eigenvalue weighted by molar-refractivity contribution is 5.88. The second-order valence-corrected chi connectivity index (χ2v) is 6.51. The Morgan fingerprint density at radius 1 is 1.32 bits per heavy atom. The molecule has 122 valence electrons. The van der Waals surface area contributed by atoms with E-state index in [-0.39, 0.29) is 18.6 Å². The molecule has 0 radical (unpaired) electrons. The van der Waals surface area contributed by atoms with E-state index in [0.717, 1.165) is 18.8 Å². The lowest BCUT2D eigenvalue weighted by Gasteiger charge is -2.42. The first-order valence-corrected chi connectivity index (χ1v) is 7.88. The minimum absolute atomic E-state index is 0.104. The van der Waals surface area contributed by atoms with Crippen molar-refractivity contribution in [2.45, 2.75) is 31.8 Å². The summed E-state index contributed by atoms with van der Waals surface area (Å²) in [5, 5.41) is 12.5. The monoisotopic (exact) mass is 305 g/mol. The van der Waals surface area contributed by atoms with Gasteiger partial charge in [0.25, 0.3) is 0 Å². The van der Waals surface area contributed by atoms with Crippen molar-refractivity contribution >= 4 is 11.6 Å². The summed E-state index contributed by atoms with van der Waals surface area (Å²) in [6.45, 7) is 6.25. The predicted octanol–water partition coefficient (Wildman–Crippen LogP) is 1.40. The highest BCUT2D eigenvalue weighted by Crippen LogP contribution is 2.20. The largest absolute Gasteiger partial charge is 0.396 e. The lowest BCUT2D eigenvalue weighted by Crippen LogP contribution is -2.59. The van der Waals surface area contributed by atoms with E-state index >= 15 is 0 Å². The molecule has 1 saturated heterocycles. The maximum absolute atomic E-state index is 12.9. The number of hydrogen-bond acceptors (Lipinski definition) is 4. The summed E-state index contributed by atoms with van der Waals surface area (Å²) < 4.78 is 0. The van der Waals surface area contributed by atoms with E-state index in [1.807, 2.05) is 49.1 Å². The van der Waals surface area contributed by atoms with Crippen LogP contribution >= 0.6 is 0 Å². The molecule has 1 atom stereocenters. The third kappa shape index (κ3) is 3.99.